The van der Waals surface area contributed by atoms with Crippen LogP contribution in [0.2, 0.25) is 4.34 Å². The molecule has 0 aliphatic carbocycles. The number of carbonyl (C=O) groups is 1. The molecule has 2 rings (SSSR count). The Morgan fingerprint density at radius 1 is 1.67 bits per heavy atom. The van der Waals surface area contributed by atoms with Gasteiger partial charge in [-0.1, -0.05) is 17.7 Å². The van der Waals surface area contributed by atoms with E-state index < -0.39 is 0 Å². The summed E-state index contributed by atoms with van der Waals surface area (Å²) in [4.78, 5) is 15.3. The van der Waals surface area contributed by atoms with Crippen LogP contribution in [0.4, 0.5) is 0 Å². The first-order valence-electron chi connectivity index (χ1n) is 6.08. The van der Waals surface area contributed by atoms with Gasteiger partial charge < -0.3 is 10.2 Å². The molecule has 1 fully saturated rings. The molecule has 1 aromatic heterocycles. The largest absolute Gasteiger partial charge is 0.332 e. The minimum Gasteiger partial charge on any atom is -0.332 e. The molecule has 1 aromatic rings. The molecular weight excluding hydrogens is 268 g/mol. The molecule has 0 unspecified atom stereocenters. The highest BCUT2D eigenvalue weighted by Gasteiger charge is 2.26. The summed E-state index contributed by atoms with van der Waals surface area (Å²) in [5.41, 5.74) is 0. The van der Waals surface area contributed by atoms with E-state index in [1.165, 1.54) is 11.3 Å². The Bertz CT molecular complexity index is 426. The average molecular weight is 285 g/mol. The predicted molar refractivity (Wildman–Crippen MR) is 76.0 cm³/mol. The van der Waals surface area contributed by atoms with Crippen LogP contribution in [-0.2, 0) is 11.3 Å². The third-order valence-corrected chi connectivity index (χ3v) is 4.21. The van der Waals surface area contributed by atoms with E-state index in [1.54, 1.807) is 6.08 Å². The van der Waals surface area contributed by atoms with Crippen molar-refractivity contribution in [3.05, 3.63) is 34.0 Å². The first kappa shape index (κ1) is 13.6. The van der Waals surface area contributed by atoms with Gasteiger partial charge in [0.1, 0.15) is 0 Å². The maximum atomic E-state index is 12.3. The standard InChI is InChI=1S/C13H17ClN2OS/c1-2-8-16(9-10-5-6-12(14)18-10)13(17)11-4-3-7-15-11/h2,5-6,11,15H,1,3-4,7-9H2/t11-/m0/s1. The first-order chi connectivity index (χ1) is 8.70. The summed E-state index contributed by atoms with van der Waals surface area (Å²) in [5.74, 6) is 0.164. The van der Waals surface area contributed by atoms with Crippen LogP contribution in [0, 0.1) is 0 Å². The number of carbonyl (C=O) groups excluding carboxylic acids is 1. The summed E-state index contributed by atoms with van der Waals surface area (Å²) in [6, 6.07) is 3.81. The molecule has 1 aliphatic heterocycles. The van der Waals surface area contributed by atoms with Crippen molar-refractivity contribution in [2.24, 2.45) is 0 Å². The van der Waals surface area contributed by atoms with Gasteiger partial charge in [-0.15, -0.1) is 17.9 Å². The molecule has 0 radical (unpaired) electrons. The quantitative estimate of drug-likeness (QED) is 0.843. The number of thiophene rings is 1. The Kier molecular flexibility index (Phi) is 4.80. The van der Waals surface area contributed by atoms with Gasteiger partial charge in [0.25, 0.3) is 0 Å². The van der Waals surface area contributed by atoms with Crippen LogP contribution in [0.1, 0.15) is 17.7 Å². The Hall–Kier alpha value is -0.840. The highest BCUT2D eigenvalue weighted by atomic mass is 35.5. The van der Waals surface area contributed by atoms with Crippen LogP contribution in [0.3, 0.4) is 0 Å². The molecule has 0 bridgehead atoms. The van der Waals surface area contributed by atoms with Gasteiger partial charge in [0.2, 0.25) is 5.91 Å². The van der Waals surface area contributed by atoms with Crippen molar-refractivity contribution in [2.45, 2.75) is 25.4 Å². The molecule has 0 saturated carbocycles. The second-order valence-corrected chi connectivity index (χ2v) is 6.16. The van der Waals surface area contributed by atoms with Gasteiger partial charge in [0, 0.05) is 11.4 Å². The number of nitrogens with zero attached hydrogens (tertiary/aromatic N) is 1. The Morgan fingerprint density at radius 2 is 2.50 bits per heavy atom. The van der Waals surface area contributed by atoms with E-state index in [-0.39, 0.29) is 11.9 Å². The van der Waals surface area contributed by atoms with Gasteiger partial charge in [-0.3, -0.25) is 4.79 Å². The summed E-state index contributed by atoms with van der Waals surface area (Å²) >= 11 is 7.43. The zero-order chi connectivity index (χ0) is 13.0. The first-order valence-corrected chi connectivity index (χ1v) is 7.27. The maximum absolute atomic E-state index is 12.3. The summed E-state index contributed by atoms with van der Waals surface area (Å²) in [6.45, 7) is 5.84. The fourth-order valence-corrected chi connectivity index (χ4v) is 3.23. The summed E-state index contributed by atoms with van der Waals surface area (Å²) in [6.07, 6.45) is 3.77. The van der Waals surface area contributed by atoms with Gasteiger partial charge in [-0.25, -0.2) is 0 Å². The summed E-state index contributed by atoms with van der Waals surface area (Å²) in [7, 11) is 0. The van der Waals surface area contributed by atoms with E-state index in [1.807, 2.05) is 17.0 Å². The van der Waals surface area contributed by atoms with Crippen molar-refractivity contribution in [3.63, 3.8) is 0 Å². The third kappa shape index (κ3) is 3.34. The minimum absolute atomic E-state index is 0.0274. The molecule has 1 saturated heterocycles. The van der Waals surface area contributed by atoms with Crippen molar-refractivity contribution in [3.8, 4) is 0 Å². The second-order valence-electron chi connectivity index (χ2n) is 4.36. The predicted octanol–water partition coefficient (Wildman–Crippen LogP) is 2.67. The molecule has 1 aliphatic rings. The Morgan fingerprint density at radius 3 is 3.06 bits per heavy atom. The monoisotopic (exact) mass is 284 g/mol. The molecule has 1 N–H and O–H groups in total. The van der Waals surface area contributed by atoms with Crippen molar-refractivity contribution in [1.82, 2.24) is 10.2 Å². The van der Waals surface area contributed by atoms with Crippen molar-refractivity contribution in [1.29, 1.82) is 0 Å². The lowest BCUT2D eigenvalue weighted by molar-refractivity contribution is -0.133. The molecule has 3 nitrogen and oxygen atoms in total. The maximum Gasteiger partial charge on any atom is 0.240 e. The van der Waals surface area contributed by atoms with Gasteiger partial charge in [0.05, 0.1) is 16.9 Å². The smallest absolute Gasteiger partial charge is 0.240 e. The normalized spacial score (nSPS) is 18.8. The molecule has 18 heavy (non-hydrogen) atoms. The molecule has 1 atom stereocenters. The summed E-state index contributed by atoms with van der Waals surface area (Å²) in [5, 5.41) is 3.24. The van der Waals surface area contributed by atoms with E-state index in [4.69, 9.17) is 11.6 Å². The summed E-state index contributed by atoms with van der Waals surface area (Å²) < 4.78 is 0.759. The molecular formula is C13H17ClN2OS. The molecule has 5 heteroatoms. The number of hydrogen-bond acceptors (Lipinski definition) is 3. The third-order valence-electron chi connectivity index (χ3n) is 3.00. The lowest BCUT2D eigenvalue weighted by Crippen LogP contribution is -2.43. The lowest BCUT2D eigenvalue weighted by Gasteiger charge is -2.23. The van der Waals surface area contributed by atoms with E-state index in [0.717, 1.165) is 28.6 Å². The minimum atomic E-state index is -0.0274. The number of halogens is 1. The molecule has 0 spiro atoms. The Balaban J connectivity index is 2.02. The van der Waals surface area contributed by atoms with Crippen LogP contribution in [0.15, 0.2) is 24.8 Å². The van der Waals surface area contributed by atoms with Gasteiger partial charge in [-0.05, 0) is 31.5 Å². The zero-order valence-corrected chi connectivity index (χ0v) is 11.8. The van der Waals surface area contributed by atoms with Gasteiger partial charge >= 0.3 is 0 Å². The number of hydrogen-bond donors (Lipinski definition) is 1. The molecule has 0 aromatic carbocycles. The number of nitrogens with one attached hydrogen (secondary N) is 1. The number of rotatable bonds is 5. The van der Waals surface area contributed by atoms with E-state index >= 15 is 0 Å². The molecule has 2 heterocycles. The van der Waals surface area contributed by atoms with Crippen LogP contribution in [0.25, 0.3) is 0 Å². The fourth-order valence-electron chi connectivity index (χ4n) is 2.13. The van der Waals surface area contributed by atoms with E-state index in [9.17, 15) is 4.79 Å². The molecule has 98 valence electrons. The molecule has 1 amide bonds. The van der Waals surface area contributed by atoms with Crippen molar-refractivity contribution < 1.29 is 4.79 Å². The van der Waals surface area contributed by atoms with E-state index in [0.29, 0.717) is 13.1 Å². The highest BCUT2D eigenvalue weighted by molar-refractivity contribution is 7.16. The van der Waals surface area contributed by atoms with Crippen LogP contribution >= 0.6 is 22.9 Å². The zero-order valence-electron chi connectivity index (χ0n) is 10.2. The fraction of sp³-hybridized carbons (Fsp3) is 0.462. The highest BCUT2D eigenvalue weighted by Crippen LogP contribution is 2.23. The average Bonchev–Trinajstić information content (AvgIpc) is 2.99. The van der Waals surface area contributed by atoms with Crippen molar-refractivity contribution >= 4 is 28.8 Å². The lowest BCUT2D eigenvalue weighted by atomic mass is 10.2. The van der Waals surface area contributed by atoms with Gasteiger partial charge in [0.15, 0.2) is 0 Å². The Labute approximate surface area is 116 Å². The van der Waals surface area contributed by atoms with Crippen LogP contribution in [0.5, 0.6) is 0 Å². The van der Waals surface area contributed by atoms with Crippen LogP contribution in [-0.4, -0.2) is 29.9 Å². The topological polar surface area (TPSA) is 32.3 Å². The second kappa shape index (κ2) is 6.36. The van der Waals surface area contributed by atoms with Gasteiger partial charge in [-0.2, -0.15) is 0 Å². The van der Waals surface area contributed by atoms with Crippen LogP contribution < -0.4 is 5.32 Å². The SMILES string of the molecule is C=CCN(Cc1ccc(Cl)s1)C(=O)[C@@H]1CCCN1. The number of amides is 1. The van der Waals surface area contributed by atoms with E-state index in [2.05, 4.69) is 11.9 Å². The van der Waals surface area contributed by atoms with Crippen molar-refractivity contribution in [2.75, 3.05) is 13.1 Å².